The normalized spacial score (nSPS) is 10.9. The molecule has 0 unspecified atom stereocenters. The molecule has 1 aromatic heterocycles. The third kappa shape index (κ3) is 5.65. The monoisotopic (exact) mass is 414 g/mol. The third-order valence-electron chi connectivity index (χ3n) is 4.40. The Bertz CT molecular complexity index is 942. The highest BCUT2D eigenvalue weighted by atomic mass is 32.2. The van der Waals surface area contributed by atoms with Crippen LogP contribution in [-0.4, -0.2) is 46.7 Å². The molecule has 0 atom stereocenters. The van der Waals surface area contributed by atoms with Gasteiger partial charge in [-0.15, -0.1) is 10.2 Å². The number of halogens is 1. The van der Waals surface area contributed by atoms with Gasteiger partial charge in [0.1, 0.15) is 11.6 Å². The van der Waals surface area contributed by atoms with Gasteiger partial charge in [-0.25, -0.2) is 4.39 Å². The van der Waals surface area contributed by atoms with Crippen LogP contribution in [0.4, 0.5) is 4.39 Å². The van der Waals surface area contributed by atoms with Gasteiger partial charge in [0, 0.05) is 38.4 Å². The minimum absolute atomic E-state index is 0.146. The van der Waals surface area contributed by atoms with Crippen molar-refractivity contribution in [1.29, 1.82) is 0 Å². The zero-order valence-electron chi connectivity index (χ0n) is 16.4. The van der Waals surface area contributed by atoms with Crippen LogP contribution in [0.25, 0.3) is 11.1 Å². The maximum Gasteiger partial charge on any atom is 0.251 e. The molecule has 0 aliphatic rings. The number of rotatable bonds is 9. The zero-order chi connectivity index (χ0) is 20.6. The highest BCUT2D eigenvalue weighted by Gasteiger charge is 2.10. The first-order valence-electron chi connectivity index (χ1n) is 9.22. The Kier molecular flexibility index (Phi) is 7.37. The molecule has 8 heteroatoms. The fraction of sp³-hybridized carbons (Fsp3) is 0.286. The highest BCUT2D eigenvalue weighted by molar-refractivity contribution is 7.99. The molecular formula is C21H23FN4O2S. The summed E-state index contributed by atoms with van der Waals surface area (Å²) in [5, 5.41) is 12.1. The van der Waals surface area contributed by atoms with E-state index in [9.17, 15) is 9.18 Å². The Morgan fingerprint density at radius 2 is 1.76 bits per heavy atom. The summed E-state index contributed by atoms with van der Waals surface area (Å²) in [5.74, 6) is 1.21. The van der Waals surface area contributed by atoms with E-state index < -0.39 is 0 Å². The standard InChI is InChI=1S/C21H23FN4O2S/c1-26-19(24-25-21(26)29-14-13-28-2)11-12-23-20(27)17-5-3-15(4-6-17)16-7-9-18(22)10-8-16/h3-10H,11-14H2,1-2H3,(H,23,27). The number of amides is 1. The largest absolute Gasteiger partial charge is 0.384 e. The van der Waals surface area contributed by atoms with E-state index in [0.717, 1.165) is 27.9 Å². The molecule has 0 spiro atoms. The van der Waals surface area contributed by atoms with Crippen molar-refractivity contribution in [2.24, 2.45) is 7.05 Å². The van der Waals surface area contributed by atoms with Gasteiger partial charge in [0.2, 0.25) is 0 Å². The first-order chi connectivity index (χ1) is 14.1. The molecule has 3 aromatic rings. The lowest BCUT2D eigenvalue weighted by molar-refractivity contribution is 0.0954. The van der Waals surface area contributed by atoms with E-state index in [-0.39, 0.29) is 11.7 Å². The minimum atomic E-state index is -0.270. The maximum absolute atomic E-state index is 13.0. The number of carbonyl (C=O) groups excluding carboxylic acids is 1. The first-order valence-corrected chi connectivity index (χ1v) is 10.2. The Morgan fingerprint density at radius 3 is 2.41 bits per heavy atom. The molecule has 1 amide bonds. The molecule has 0 radical (unpaired) electrons. The van der Waals surface area contributed by atoms with Gasteiger partial charge >= 0.3 is 0 Å². The van der Waals surface area contributed by atoms with Gasteiger partial charge in [0.25, 0.3) is 5.91 Å². The lowest BCUT2D eigenvalue weighted by atomic mass is 10.0. The fourth-order valence-corrected chi connectivity index (χ4v) is 3.58. The van der Waals surface area contributed by atoms with Crippen molar-refractivity contribution in [3.8, 4) is 11.1 Å². The number of carbonyl (C=O) groups is 1. The molecule has 0 saturated heterocycles. The van der Waals surface area contributed by atoms with Gasteiger partial charge in [0.05, 0.1) is 6.61 Å². The average molecular weight is 415 g/mol. The second-order valence-corrected chi connectivity index (χ2v) is 7.45. The van der Waals surface area contributed by atoms with Gasteiger partial charge in [-0.1, -0.05) is 36.0 Å². The van der Waals surface area contributed by atoms with Gasteiger partial charge in [-0.2, -0.15) is 0 Å². The maximum atomic E-state index is 13.0. The molecule has 152 valence electrons. The van der Waals surface area contributed by atoms with Gasteiger partial charge in [-0.05, 0) is 35.4 Å². The number of benzene rings is 2. The van der Waals surface area contributed by atoms with Crippen molar-refractivity contribution in [1.82, 2.24) is 20.1 Å². The molecule has 0 aliphatic heterocycles. The van der Waals surface area contributed by atoms with Crippen LogP contribution in [-0.2, 0) is 18.2 Å². The van der Waals surface area contributed by atoms with Crippen LogP contribution >= 0.6 is 11.8 Å². The van der Waals surface area contributed by atoms with E-state index in [4.69, 9.17) is 4.74 Å². The molecule has 1 heterocycles. The van der Waals surface area contributed by atoms with Gasteiger partial charge in [-0.3, -0.25) is 4.79 Å². The quantitative estimate of drug-likeness (QED) is 0.430. The molecule has 2 aromatic carbocycles. The van der Waals surface area contributed by atoms with Gasteiger partial charge < -0.3 is 14.6 Å². The van der Waals surface area contributed by atoms with Crippen molar-refractivity contribution >= 4 is 17.7 Å². The second kappa shape index (κ2) is 10.2. The molecule has 3 rings (SSSR count). The summed E-state index contributed by atoms with van der Waals surface area (Å²) in [4.78, 5) is 12.4. The lowest BCUT2D eigenvalue weighted by Gasteiger charge is -2.07. The molecule has 6 nitrogen and oxygen atoms in total. The smallest absolute Gasteiger partial charge is 0.251 e. The number of thioether (sulfide) groups is 1. The fourth-order valence-electron chi connectivity index (χ4n) is 2.75. The predicted molar refractivity (Wildman–Crippen MR) is 111 cm³/mol. The number of ether oxygens (including phenoxy) is 1. The van der Waals surface area contributed by atoms with Crippen molar-refractivity contribution in [3.05, 3.63) is 65.7 Å². The van der Waals surface area contributed by atoms with Crippen molar-refractivity contribution in [2.45, 2.75) is 11.6 Å². The van der Waals surface area contributed by atoms with Crippen LogP contribution in [0.15, 0.2) is 53.7 Å². The van der Waals surface area contributed by atoms with Crippen LogP contribution in [0, 0.1) is 5.82 Å². The van der Waals surface area contributed by atoms with Gasteiger partial charge in [0.15, 0.2) is 5.16 Å². The van der Waals surface area contributed by atoms with E-state index in [1.165, 1.54) is 12.1 Å². The van der Waals surface area contributed by atoms with Crippen molar-refractivity contribution in [3.63, 3.8) is 0 Å². The molecule has 0 aliphatic carbocycles. The third-order valence-corrected chi connectivity index (χ3v) is 5.39. The van der Waals surface area contributed by atoms with Crippen LogP contribution < -0.4 is 5.32 Å². The summed E-state index contributed by atoms with van der Waals surface area (Å²) in [5.41, 5.74) is 2.41. The van der Waals surface area contributed by atoms with E-state index >= 15 is 0 Å². The van der Waals surface area contributed by atoms with Crippen LogP contribution in [0.1, 0.15) is 16.2 Å². The zero-order valence-corrected chi connectivity index (χ0v) is 17.2. The Morgan fingerprint density at radius 1 is 1.10 bits per heavy atom. The summed E-state index contributed by atoms with van der Waals surface area (Å²) in [6, 6.07) is 13.5. The number of hydrogen-bond donors (Lipinski definition) is 1. The summed E-state index contributed by atoms with van der Waals surface area (Å²) >= 11 is 1.59. The summed E-state index contributed by atoms with van der Waals surface area (Å²) in [7, 11) is 3.59. The molecule has 1 N–H and O–H groups in total. The average Bonchev–Trinajstić information content (AvgIpc) is 3.08. The first kappa shape index (κ1) is 21.0. The number of methoxy groups -OCH3 is 1. The number of aromatic nitrogens is 3. The van der Waals surface area contributed by atoms with E-state index in [1.807, 2.05) is 23.7 Å². The molecule has 0 fully saturated rings. The predicted octanol–water partition coefficient (Wildman–Crippen LogP) is 3.33. The number of nitrogens with zero attached hydrogens (tertiary/aromatic N) is 3. The SMILES string of the molecule is COCCSc1nnc(CCNC(=O)c2ccc(-c3ccc(F)cc3)cc2)n1C. The molecule has 0 saturated carbocycles. The van der Waals surface area contributed by atoms with E-state index in [1.54, 1.807) is 43.1 Å². The number of nitrogens with one attached hydrogen (secondary N) is 1. The molecule has 29 heavy (non-hydrogen) atoms. The number of hydrogen-bond acceptors (Lipinski definition) is 5. The molecule has 0 bridgehead atoms. The lowest BCUT2D eigenvalue weighted by Crippen LogP contribution is -2.26. The van der Waals surface area contributed by atoms with E-state index in [0.29, 0.717) is 25.1 Å². The summed E-state index contributed by atoms with van der Waals surface area (Å²) < 4.78 is 20.0. The van der Waals surface area contributed by atoms with Crippen molar-refractivity contribution < 1.29 is 13.9 Å². The van der Waals surface area contributed by atoms with Crippen LogP contribution in [0.5, 0.6) is 0 Å². The highest BCUT2D eigenvalue weighted by Crippen LogP contribution is 2.20. The van der Waals surface area contributed by atoms with Crippen LogP contribution in [0.2, 0.25) is 0 Å². The Balaban J connectivity index is 1.51. The second-order valence-electron chi connectivity index (χ2n) is 6.39. The molecular weight excluding hydrogens is 391 g/mol. The summed E-state index contributed by atoms with van der Waals surface area (Å²) in [6.07, 6.45) is 0.591. The topological polar surface area (TPSA) is 69.0 Å². The van der Waals surface area contributed by atoms with E-state index in [2.05, 4.69) is 15.5 Å². The van der Waals surface area contributed by atoms with Crippen molar-refractivity contribution in [2.75, 3.05) is 26.0 Å². The summed E-state index contributed by atoms with van der Waals surface area (Å²) in [6.45, 7) is 1.12. The Labute approximate surface area is 173 Å². The minimum Gasteiger partial charge on any atom is -0.384 e. The Hall–Kier alpha value is -2.71. The van der Waals surface area contributed by atoms with Crippen LogP contribution in [0.3, 0.4) is 0 Å².